The SMILES string of the molecule is CCOC(=O)C1=C(CN2C(=O)N[C@@H](Cc3c[nH]c4ccccc34)C2=O)NC(=O)N[C@H]1c1cccs1. The lowest BCUT2D eigenvalue weighted by Gasteiger charge is -2.29. The largest absolute Gasteiger partial charge is 0.463 e. The Hall–Kier alpha value is -4.12. The summed E-state index contributed by atoms with van der Waals surface area (Å²) >= 11 is 1.37. The van der Waals surface area contributed by atoms with E-state index in [1.807, 2.05) is 41.9 Å². The van der Waals surface area contributed by atoms with Gasteiger partial charge in [0.25, 0.3) is 5.91 Å². The monoisotopic (exact) mass is 493 g/mol. The Kier molecular flexibility index (Phi) is 6.00. The predicted octanol–water partition coefficient (Wildman–Crippen LogP) is 2.56. The number of rotatable bonds is 7. The van der Waals surface area contributed by atoms with Gasteiger partial charge in [0.15, 0.2) is 0 Å². The number of fused-ring (bicyclic) bond motifs is 1. The van der Waals surface area contributed by atoms with E-state index in [9.17, 15) is 19.2 Å². The number of H-pyrrole nitrogens is 1. The zero-order valence-electron chi connectivity index (χ0n) is 18.8. The van der Waals surface area contributed by atoms with Gasteiger partial charge in [0, 0.05) is 28.4 Å². The summed E-state index contributed by atoms with van der Waals surface area (Å²) in [5.74, 6) is -1.06. The Labute approximate surface area is 204 Å². The maximum atomic E-state index is 13.2. The molecule has 0 unspecified atom stereocenters. The molecular weight excluding hydrogens is 470 g/mol. The third kappa shape index (κ3) is 4.26. The molecule has 0 aliphatic carbocycles. The third-order valence-electron chi connectivity index (χ3n) is 6.00. The van der Waals surface area contributed by atoms with Crippen LogP contribution in [0.2, 0.25) is 0 Å². The van der Waals surface area contributed by atoms with Gasteiger partial charge >= 0.3 is 18.0 Å². The summed E-state index contributed by atoms with van der Waals surface area (Å²) in [4.78, 5) is 56.2. The van der Waals surface area contributed by atoms with E-state index in [1.54, 1.807) is 13.0 Å². The zero-order chi connectivity index (χ0) is 24.5. The van der Waals surface area contributed by atoms with Gasteiger partial charge in [-0.15, -0.1) is 11.3 Å². The first-order valence-corrected chi connectivity index (χ1v) is 12.0. The van der Waals surface area contributed by atoms with Gasteiger partial charge in [0.1, 0.15) is 6.04 Å². The molecule has 4 heterocycles. The molecule has 2 aliphatic rings. The normalized spacial score (nSPS) is 20.1. The second-order valence-corrected chi connectivity index (χ2v) is 9.13. The Morgan fingerprint density at radius 3 is 2.71 bits per heavy atom. The number of para-hydroxylation sites is 1. The fourth-order valence-corrected chi connectivity index (χ4v) is 5.19. The maximum absolute atomic E-state index is 13.2. The molecule has 0 radical (unpaired) electrons. The molecule has 2 atom stereocenters. The Morgan fingerprint density at radius 2 is 1.94 bits per heavy atom. The molecule has 0 spiro atoms. The minimum Gasteiger partial charge on any atom is -0.463 e. The smallest absolute Gasteiger partial charge is 0.338 e. The van der Waals surface area contributed by atoms with Crippen molar-refractivity contribution in [1.82, 2.24) is 25.8 Å². The first-order chi connectivity index (χ1) is 17.0. The number of hydrogen-bond acceptors (Lipinski definition) is 6. The van der Waals surface area contributed by atoms with Crippen LogP contribution in [0.3, 0.4) is 0 Å². The van der Waals surface area contributed by atoms with E-state index in [1.165, 1.54) is 11.3 Å². The molecule has 180 valence electrons. The minimum absolute atomic E-state index is 0.135. The van der Waals surface area contributed by atoms with Crippen molar-refractivity contribution in [2.45, 2.75) is 25.4 Å². The Balaban J connectivity index is 1.43. The fraction of sp³-hybridized carbons (Fsp3) is 0.250. The van der Waals surface area contributed by atoms with Crippen LogP contribution in [0.5, 0.6) is 0 Å². The number of imide groups is 1. The predicted molar refractivity (Wildman–Crippen MR) is 128 cm³/mol. The molecule has 1 saturated heterocycles. The third-order valence-corrected chi connectivity index (χ3v) is 6.94. The number of nitrogens with zero attached hydrogens (tertiary/aromatic N) is 1. The molecule has 5 amide bonds. The number of thiophene rings is 1. The zero-order valence-corrected chi connectivity index (χ0v) is 19.6. The average molecular weight is 494 g/mol. The van der Waals surface area contributed by atoms with Gasteiger partial charge in [-0.2, -0.15) is 0 Å². The lowest BCUT2D eigenvalue weighted by atomic mass is 10.0. The highest BCUT2D eigenvalue weighted by Gasteiger charge is 2.41. The van der Waals surface area contributed by atoms with Gasteiger partial charge in [-0.3, -0.25) is 9.69 Å². The Bertz CT molecular complexity index is 1350. The number of benzene rings is 1. The minimum atomic E-state index is -0.765. The first kappa shape index (κ1) is 22.7. The maximum Gasteiger partial charge on any atom is 0.338 e. The highest BCUT2D eigenvalue weighted by atomic mass is 32.1. The van der Waals surface area contributed by atoms with Crippen LogP contribution in [0.15, 0.2) is 59.2 Å². The van der Waals surface area contributed by atoms with E-state index in [0.717, 1.165) is 26.2 Å². The molecule has 3 aromatic rings. The number of hydrogen-bond donors (Lipinski definition) is 4. The Morgan fingerprint density at radius 1 is 1.11 bits per heavy atom. The van der Waals surface area contributed by atoms with E-state index in [0.29, 0.717) is 6.42 Å². The van der Waals surface area contributed by atoms with Crippen molar-refractivity contribution in [3.05, 3.63) is 69.7 Å². The van der Waals surface area contributed by atoms with Crippen molar-refractivity contribution >= 4 is 46.2 Å². The molecule has 0 saturated carbocycles. The molecule has 0 bridgehead atoms. The number of ether oxygens (including phenoxy) is 1. The van der Waals surface area contributed by atoms with Crippen molar-refractivity contribution in [2.75, 3.05) is 13.2 Å². The summed E-state index contributed by atoms with van der Waals surface area (Å²) in [6, 6.07) is 8.68. The van der Waals surface area contributed by atoms with E-state index in [-0.39, 0.29) is 24.4 Å². The highest BCUT2D eigenvalue weighted by molar-refractivity contribution is 7.10. The van der Waals surface area contributed by atoms with Crippen molar-refractivity contribution in [1.29, 1.82) is 0 Å². The van der Waals surface area contributed by atoms with Crippen LogP contribution >= 0.6 is 11.3 Å². The van der Waals surface area contributed by atoms with Gasteiger partial charge in [-0.25, -0.2) is 14.4 Å². The van der Waals surface area contributed by atoms with Gasteiger partial charge in [0.05, 0.1) is 30.5 Å². The summed E-state index contributed by atoms with van der Waals surface area (Å²) in [5.41, 5.74) is 2.16. The molecular formula is C24H23N5O5S. The lowest BCUT2D eigenvalue weighted by molar-refractivity contribution is -0.139. The quantitative estimate of drug-likeness (QED) is 0.297. The summed E-state index contributed by atoms with van der Waals surface area (Å²) < 4.78 is 5.23. The highest BCUT2D eigenvalue weighted by Crippen LogP contribution is 2.31. The van der Waals surface area contributed by atoms with E-state index in [2.05, 4.69) is 20.9 Å². The second kappa shape index (κ2) is 9.26. The fourth-order valence-electron chi connectivity index (χ4n) is 4.40. The van der Waals surface area contributed by atoms with Crippen molar-refractivity contribution in [3.8, 4) is 0 Å². The van der Waals surface area contributed by atoms with Crippen molar-refractivity contribution < 1.29 is 23.9 Å². The summed E-state index contributed by atoms with van der Waals surface area (Å²) in [6.07, 6.45) is 2.13. The molecule has 11 heteroatoms. The van der Waals surface area contributed by atoms with Gasteiger partial charge in [-0.05, 0) is 30.0 Å². The molecule has 4 N–H and O–H groups in total. The molecule has 1 aromatic carbocycles. The van der Waals surface area contributed by atoms with Crippen LogP contribution in [-0.4, -0.2) is 53.0 Å². The van der Waals surface area contributed by atoms with E-state index >= 15 is 0 Å². The van der Waals surface area contributed by atoms with E-state index < -0.39 is 36.0 Å². The lowest BCUT2D eigenvalue weighted by Crippen LogP contribution is -2.49. The molecule has 10 nitrogen and oxygen atoms in total. The second-order valence-electron chi connectivity index (χ2n) is 8.15. The standard InChI is InChI=1S/C24H23N5O5S/c1-2-34-22(31)19-17(26-23(32)28-20(19)18-8-5-9-35-18)12-29-21(30)16(27-24(29)33)10-13-11-25-15-7-4-3-6-14(13)15/h3-9,11,16,20,25H,2,10,12H2,1H3,(H,27,33)(H2,26,28,32)/t16-,20-/m0/s1. The number of aromatic nitrogens is 1. The average Bonchev–Trinajstić information content (AvgIpc) is 3.57. The number of aromatic amines is 1. The van der Waals surface area contributed by atoms with Crippen LogP contribution in [-0.2, 0) is 20.7 Å². The number of carbonyl (C=O) groups is 4. The van der Waals surface area contributed by atoms with Crippen molar-refractivity contribution in [2.24, 2.45) is 0 Å². The molecule has 5 rings (SSSR count). The summed E-state index contributed by atoms with van der Waals surface area (Å²) in [7, 11) is 0. The van der Waals surface area contributed by atoms with Crippen LogP contribution < -0.4 is 16.0 Å². The van der Waals surface area contributed by atoms with Crippen LogP contribution in [0.25, 0.3) is 10.9 Å². The number of esters is 1. The van der Waals surface area contributed by atoms with Gasteiger partial charge < -0.3 is 25.7 Å². The number of nitrogens with one attached hydrogen (secondary N) is 4. The number of urea groups is 2. The molecule has 35 heavy (non-hydrogen) atoms. The molecule has 1 fully saturated rings. The van der Waals surface area contributed by atoms with Crippen LogP contribution in [0, 0.1) is 0 Å². The summed E-state index contributed by atoms with van der Waals surface area (Å²) in [6.45, 7) is 1.55. The van der Waals surface area contributed by atoms with Gasteiger partial charge in [-0.1, -0.05) is 24.3 Å². The van der Waals surface area contributed by atoms with Gasteiger partial charge in [0.2, 0.25) is 0 Å². The summed E-state index contributed by atoms with van der Waals surface area (Å²) in [5, 5.41) is 10.9. The van der Waals surface area contributed by atoms with Crippen LogP contribution in [0.4, 0.5) is 9.59 Å². The molecule has 2 aromatic heterocycles. The number of amides is 5. The van der Waals surface area contributed by atoms with E-state index in [4.69, 9.17) is 4.74 Å². The number of carbonyl (C=O) groups excluding carboxylic acids is 4. The topological polar surface area (TPSA) is 133 Å². The van der Waals surface area contributed by atoms with Crippen molar-refractivity contribution in [3.63, 3.8) is 0 Å². The first-order valence-electron chi connectivity index (χ1n) is 11.1. The van der Waals surface area contributed by atoms with Crippen LogP contribution in [0.1, 0.15) is 23.4 Å². The molecule has 2 aliphatic heterocycles.